The number of aromatic nitrogens is 2. The Labute approximate surface area is 252 Å². The van der Waals surface area contributed by atoms with Crippen LogP contribution in [0.25, 0.3) is 11.3 Å². The van der Waals surface area contributed by atoms with Gasteiger partial charge in [0.05, 0.1) is 22.0 Å². The Morgan fingerprint density at radius 3 is 2.52 bits per heavy atom. The van der Waals surface area contributed by atoms with E-state index < -0.39 is 5.82 Å². The summed E-state index contributed by atoms with van der Waals surface area (Å²) in [5, 5.41) is 0.312. The molecule has 9 heteroatoms. The number of amidine groups is 1. The lowest BCUT2D eigenvalue weighted by Crippen LogP contribution is -2.59. The molecule has 2 aliphatic rings. The summed E-state index contributed by atoms with van der Waals surface area (Å²) >= 11 is 6.87. The molecule has 5 rings (SSSR count). The van der Waals surface area contributed by atoms with Crippen LogP contribution in [0.15, 0.2) is 66.6 Å². The number of hydrogen-bond acceptors (Lipinski definition) is 6. The molecule has 7 nitrogen and oxygen atoms in total. The van der Waals surface area contributed by atoms with Crippen molar-refractivity contribution >= 4 is 34.8 Å². The summed E-state index contributed by atoms with van der Waals surface area (Å²) in [7, 11) is 0. The molecule has 0 aliphatic carbocycles. The molecule has 1 amide bonds. The van der Waals surface area contributed by atoms with Gasteiger partial charge in [0.2, 0.25) is 5.91 Å². The molecular weight excluding hydrogens is 551 g/mol. The second-order valence-electron chi connectivity index (χ2n) is 11.3. The van der Waals surface area contributed by atoms with Crippen molar-refractivity contribution in [2.45, 2.75) is 59.5 Å². The van der Waals surface area contributed by atoms with Gasteiger partial charge in [-0.05, 0) is 69.0 Å². The molecule has 4 heterocycles. The Morgan fingerprint density at radius 2 is 1.86 bits per heavy atom. The molecule has 42 heavy (non-hydrogen) atoms. The third kappa shape index (κ3) is 4.98. The summed E-state index contributed by atoms with van der Waals surface area (Å²) < 4.78 is 15.1. The minimum absolute atomic E-state index is 0.0581. The molecule has 2 aromatic heterocycles. The number of carbonyl (C=O) groups is 1. The fourth-order valence-electron chi connectivity index (χ4n) is 5.74. The van der Waals surface area contributed by atoms with Gasteiger partial charge in [0.1, 0.15) is 17.5 Å². The van der Waals surface area contributed by atoms with E-state index in [9.17, 15) is 4.79 Å². The quantitative estimate of drug-likeness (QED) is 0.304. The molecule has 1 aromatic carbocycles. The predicted molar refractivity (Wildman–Crippen MR) is 168 cm³/mol. The van der Waals surface area contributed by atoms with Gasteiger partial charge in [0, 0.05) is 42.6 Å². The highest BCUT2D eigenvalue weighted by Crippen LogP contribution is 2.44. The number of fused-ring (bicyclic) bond motifs is 1. The molecule has 1 fully saturated rings. The van der Waals surface area contributed by atoms with Crippen molar-refractivity contribution in [3.63, 3.8) is 0 Å². The summed E-state index contributed by atoms with van der Waals surface area (Å²) in [4.78, 5) is 33.2. The first-order valence-corrected chi connectivity index (χ1v) is 14.5. The topological polar surface area (TPSA) is 64.9 Å². The molecule has 2 aliphatic heterocycles. The molecule has 218 valence electrons. The highest BCUT2D eigenvalue weighted by molar-refractivity contribution is 6.33. The average molecular weight is 587 g/mol. The molecule has 0 N–H and O–H groups in total. The third-order valence-electron chi connectivity index (χ3n) is 8.16. The van der Waals surface area contributed by atoms with Crippen LogP contribution in [-0.2, 0) is 4.79 Å². The number of pyridine rings is 2. The lowest BCUT2D eigenvalue weighted by molar-refractivity contribution is -0.130. The second-order valence-corrected chi connectivity index (χ2v) is 11.7. The normalized spacial score (nSPS) is 18.7. The minimum Gasteiger partial charge on any atom is -0.349 e. The van der Waals surface area contributed by atoms with E-state index in [0.29, 0.717) is 52.4 Å². The molecule has 2 atom stereocenters. The Morgan fingerprint density at radius 1 is 1.14 bits per heavy atom. The summed E-state index contributed by atoms with van der Waals surface area (Å²) in [6, 6.07) is 8.16. The zero-order chi connectivity index (χ0) is 30.5. The highest BCUT2D eigenvalue weighted by Gasteiger charge is 2.38. The maximum absolute atomic E-state index is 15.1. The largest absolute Gasteiger partial charge is 0.349 e. The number of aliphatic imine (C=N–C) groups is 1. The van der Waals surface area contributed by atoms with Crippen molar-refractivity contribution in [1.82, 2.24) is 19.8 Å². The van der Waals surface area contributed by atoms with Crippen molar-refractivity contribution in [2.24, 2.45) is 4.99 Å². The molecule has 1 saturated heterocycles. The van der Waals surface area contributed by atoms with Gasteiger partial charge in [-0.3, -0.25) is 14.7 Å². The summed E-state index contributed by atoms with van der Waals surface area (Å²) in [6.45, 7) is 21.4. The van der Waals surface area contributed by atoms with Crippen molar-refractivity contribution in [3.05, 3.63) is 94.8 Å². The van der Waals surface area contributed by atoms with Crippen LogP contribution in [-0.4, -0.2) is 56.7 Å². The number of halogens is 2. The van der Waals surface area contributed by atoms with Crippen LogP contribution in [0.2, 0.25) is 5.02 Å². The maximum Gasteiger partial charge on any atom is 0.246 e. The zero-order valence-electron chi connectivity index (χ0n) is 24.9. The number of nitrogens with zero attached hydrogens (tertiary/aromatic N) is 6. The number of rotatable bonds is 4. The highest BCUT2D eigenvalue weighted by atomic mass is 35.5. The number of amides is 1. The first-order chi connectivity index (χ1) is 19.9. The minimum atomic E-state index is -0.411. The first kappa shape index (κ1) is 29.5. The van der Waals surface area contributed by atoms with Crippen LogP contribution >= 0.6 is 11.6 Å². The van der Waals surface area contributed by atoms with Gasteiger partial charge in [0.25, 0.3) is 0 Å². The number of anilines is 2. The second kappa shape index (κ2) is 11.3. The van der Waals surface area contributed by atoms with E-state index in [1.807, 2.05) is 42.8 Å². The molecule has 2 unspecified atom stereocenters. The van der Waals surface area contributed by atoms with Crippen molar-refractivity contribution in [2.75, 3.05) is 18.0 Å². The van der Waals surface area contributed by atoms with E-state index in [4.69, 9.17) is 21.6 Å². The standard InChI is InChI=1S/C33H36ClFN6O/c1-9-29(42)39-16-20(5)40(17-19(39)4)32-25-14-27(34)30(24-12-10-11-13-28(24)35)38-33(25)41(23(8)37-32)31-21(6)22(7)36-15-26(31)18(2)3/h9-15,18-20H,1,8,16-17H2,2-7H3. The van der Waals surface area contributed by atoms with E-state index >= 15 is 4.39 Å². The van der Waals surface area contributed by atoms with Crippen LogP contribution in [0.1, 0.15) is 56.0 Å². The van der Waals surface area contributed by atoms with Gasteiger partial charge in [-0.15, -0.1) is 0 Å². The first-order valence-electron chi connectivity index (χ1n) is 14.1. The van der Waals surface area contributed by atoms with E-state index in [-0.39, 0.29) is 23.9 Å². The van der Waals surface area contributed by atoms with E-state index in [2.05, 4.69) is 43.8 Å². The van der Waals surface area contributed by atoms with E-state index in [1.165, 1.54) is 12.1 Å². The molecule has 0 saturated carbocycles. The van der Waals surface area contributed by atoms with Gasteiger partial charge >= 0.3 is 0 Å². The van der Waals surface area contributed by atoms with Crippen LogP contribution in [0.4, 0.5) is 15.9 Å². The zero-order valence-corrected chi connectivity index (χ0v) is 25.7. The van der Waals surface area contributed by atoms with Crippen molar-refractivity contribution < 1.29 is 9.18 Å². The monoisotopic (exact) mass is 586 g/mol. The third-order valence-corrected chi connectivity index (χ3v) is 8.45. The van der Waals surface area contributed by atoms with E-state index in [0.717, 1.165) is 22.5 Å². The maximum atomic E-state index is 15.1. The summed E-state index contributed by atoms with van der Waals surface area (Å²) in [6.07, 6.45) is 3.24. The van der Waals surface area contributed by atoms with Crippen LogP contribution in [0, 0.1) is 19.7 Å². The Kier molecular flexibility index (Phi) is 7.94. The van der Waals surface area contributed by atoms with Crippen molar-refractivity contribution in [1.29, 1.82) is 0 Å². The number of aryl methyl sites for hydroxylation is 1. The predicted octanol–water partition coefficient (Wildman–Crippen LogP) is 7.15. The molecule has 0 radical (unpaired) electrons. The SMILES string of the molecule is C=CC(=O)N1CC(C)N(C2=NC(=C)N(c3c(C(C)C)cnc(C)c3C)c3nc(-c4ccccc4F)c(Cl)cc32)CC1C. The van der Waals surface area contributed by atoms with Crippen molar-refractivity contribution in [3.8, 4) is 11.3 Å². The lowest BCUT2D eigenvalue weighted by Gasteiger charge is -2.46. The molecule has 3 aromatic rings. The van der Waals surface area contributed by atoms with Crippen LogP contribution in [0.3, 0.4) is 0 Å². The molecular formula is C33H36ClFN6O. The molecule has 0 bridgehead atoms. The summed E-state index contributed by atoms with van der Waals surface area (Å²) in [5.41, 5.74) is 5.14. The Balaban J connectivity index is 1.74. The van der Waals surface area contributed by atoms with Gasteiger partial charge in [-0.1, -0.05) is 50.7 Å². The summed E-state index contributed by atoms with van der Waals surface area (Å²) in [5.74, 6) is 1.36. The van der Waals surface area contributed by atoms with Gasteiger partial charge < -0.3 is 9.80 Å². The number of carbonyl (C=O) groups excluding carboxylic acids is 1. The van der Waals surface area contributed by atoms with Gasteiger partial charge in [-0.25, -0.2) is 14.4 Å². The van der Waals surface area contributed by atoms with Gasteiger partial charge in [0.15, 0.2) is 5.82 Å². The molecule has 0 spiro atoms. The van der Waals surface area contributed by atoms with E-state index in [1.54, 1.807) is 18.2 Å². The number of benzene rings is 1. The average Bonchev–Trinajstić information content (AvgIpc) is 2.95. The van der Waals surface area contributed by atoms with Crippen LogP contribution < -0.4 is 4.90 Å². The number of hydrogen-bond donors (Lipinski definition) is 0. The smallest absolute Gasteiger partial charge is 0.246 e. The van der Waals surface area contributed by atoms with Gasteiger partial charge in [-0.2, -0.15) is 0 Å². The number of piperazine rings is 1. The Hall–Kier alpha value is -4.04. The fraction of sp³-hybridized carbons (Fsp3) is 0.333. The van der Waals surface area contributed by atoms with Crippen LogP contribution in [0.5, 0.6) is 0 Å². The fourth-order valence-corrected chi connectivity index (χ4v) is 6.00. The lowest BCUT2D eigenvalue weighted by atomic mass is 9.97. The Bertz CT molecular complexity index is 1630.